The van der Waals surface area contributed by atoms with E-state index in [1.807, 2.05) is 17.8 Å². The molecule has 0 amide bonds. The highest BCUT2D eigenvalue weighted by Gasteiger charge is 2.03. The Balaban J connectivity index is 2.18. The number of hydrogen-bond acceptors (Lipinski definition) is 2. The van der Waals surface area contributed by atoms with E-state index >= 15 is 0 Å². The molecular weight excluding hydrogens is 233 g/mol. The number of benzene rings is 1. The lowest BCUT2D eigenvalue weighted by molar-refractivity contribution is 0.530. The molecule has 0 fully saturated rings. The second-order valence-corrected chi connectivity index (χ2v) is 5.37. The lowest BCUT2D eigenvalue weighted by Crippen LogP contribution is -2.29. The number of unbranched alkanes of at least 4 members (excludes halogenated alkanes) is 1. The molecule has 3 heteroatoms. The molecule has 1 rings (SSSR count). The van der Waals surface area contributed by atoms with Gasteiger partial charge in [0.25, 0.3) is 0 Å². The van der Waals surface area contributed by atoms with Crippen LogP contribution in [-0.4, -0.2) is 24.6 Å². The molecule has 1 nitrogen and oxygen atoms in total. The van der Waals surface area contributed by atoms with E-state index in [1.165, 1.54) is 24.7 Å². The Hall–Kier alpha value is -0.540. The van der Waals surface area contributed by atoms with Gasteiger partial charge in [0.2, 0.25) is 0 Å². The van der Waals surface area contributed by atoms with E-state index in [0.29, 0.717) is 6.04 Å². The molecule has 1 aromatic rings. The van der Waals surface area contributed by atoms with Crippen molar-refractivity contribution < 1.29 is 4.39 Å². The molecule has 1 N–H and O–H groups in total. The van der Waals surface area contributed by atoms with Crippen LogP contribution in [0, 0.1) is 5.82 Å². The van der Waals surface area contributed by atoms with Gasteiger partial charge in [0.1, 0.15) is 5.82 Å². The van der Waals surface area contributed by atoms with Crippen LogP contribution in [0.1, 0.15) is 25.3 Å². The monoisotopic (exact) mass is 255 g/mol. The summed E-state index contributed by atoms with van der Waals surface area (Å²) in [5.74, 6) is 1.09. The summed E-state index contributed by atoms with van der Waals surface area (Å²) in [5.41, 5.74) is 1.06. The Morgan fingerprint density at radius 3 is 2.88 bits per heavy atom. The van der Waals surface area contributed by atoms with Gasteiger partial charge in [-0.3, -0.25) is 0 Å². The van der Waals surface area contributed by atoms with Crippen molar-refractivity contribution in [3.8, 4) is 0 Å². The van der Waals surface area contributed by atoms with Crippen LogP contribution in [0.25, 0.3) is 0 Å². The van der Waals surface area contributed by atoms with Gasteiger partial charge in [0.15, 0.2) is 0 Å². The third-order valence-electron chi connectivity index (χ3n) is 2.70. The van der Waals surface area contributed by atoms with Gasteiger partial charge in [-0.05, 0) is 62.4 Å². The predicted molar refractivity (Wildman–Crippen MR) is 75.2 cm³/mol. The summed E-state index contributed by atoms with van der Waals surface area (Å²) < 4.78 is 13.0. The molecular formula is C14H22FNS. The van der Waals surface area contributed by atoms with Crippen LogP contribution < -0.4 is 5.32 Å². The first kappa shape index (κ1) is 14.5. The zero-order chi connectivity index (χ0) is 12.5. The van der Waals surface area contributed by atoms with Crippen molar-refractivity contribution in [2.24, 2.45) is 0 Å². The van der Waals surface area contributed by atoms with Crippen molar-refractivity contribution in [3.63, 3.8) is 0 Å². The van der Waals surface area contributed by atoms with Gasteiger partial charge in [0, 0.05) is 6.04 Å². The first-order chi connectivity index (χ1) is 8.22. The van der Waals surface area contributed by atoms with E-state index < -0.39 is 0 Å². The highest BCUT2D eigenvalue weighted by molar-refractivity contribution is 7.98. The maximum atomic E-state index is 13.0. The topological polar surface area (TPSA) is 12.0 Å². The molecule has 0 aromatic heterocycles. The molecule has 0 aliphatic rings. The van der Waals surface area contributed by atoms with Gasteiger partial charge in [-0.25, -0.2) is 4.39 Å². The maximum absolute atomic E-state index is 13.0. The number of hydrogen-bond donors (Lipinski definition) is 1. The average Bonchev–Trinajstić information content (AvgIpc) is 2.29. The van der Waals surface area contributed by atoms with Gasteiger partial charge in [0.05, 0.1) is 0 Å². The van der Waals surface area contributed by atoms with Crippen molar-refractivity contribution in [1.82, 2.24) is 5.32 Å². The Morgan fingerprint density at radius 2 is 2.18 bits per heavy atom. The molecule has 1 aromatic carbocycles. The second kappa shape index (κ2) is 8.54. The lowest BCUT2D eigenvalue weighted by Gasteiger charge is -2.13. The van der Waals surface area contributed by atoms with Crippen LogP contribution in [0.15, 0.2) is 24.3 Å². The van der Waals surface area contributed by atoms with E-state index in [4.69, 9.17) is 0 Å². The van der Waals surface area contributed by atoms with Gasteiger partial charge >= 0.3 is 0 Å². The summed E-state index contributed by atoms with van der Waals surface area (Å²) in [5, 5.41) is 3.48. The Bertz CT molecular complexity index is 317. The Labute approximate surface area is 108 Å². The van der Waals surface area contributed by atoms with E-state index in [-0.39, 0.29) is 5.82 Å². The lowest BCUT2D eigenvalue weighted by atomic mass is 10.1. The third kappa shape index (κ3) is 6.69. The fourth-order valence-corrected chi connectivity index (χ4v) is 2.30. The summed E-state index contributed by atoms with van der Waals surface area (Å²) >= 11 is 1.90. The van der Waals surface area contributed by atoms with Gasteiger partial charge in [-0.2, -0.15) is 11.8 Å². The summed E-state index contributed by atoms with van der Waals surface area (Å²) in [6, 6.07) is 7.27. The fourth-order valence-electron chi connectivity index (χ4n) is 1.81. The van der Waals surface area contributed by atoms with Crippen LogP contribution >= 0.6 is 11.8 Å². The van der Waals surface area contributed by atoms with Crippen molar-refractivity contribution in [2.75, 3.05) is 18.6 Å². The first-order valence-electron chi connectivity index (χ1n) is 6.19. The minimum atomic E-state index is -0.144. The molecule has 0 aliphatic heterocycles. The third-order valence-corrected chi connectivity index (χ3v) is 3.40. The highest BCUT2D eigenvalue weighted by atomic mass is 32.2. The number of thioether (sulfide) groups is 1. The number of nitrogens with one attached hydrogen (secondary N) is 1. The summed E-state index contributed by atoms with van der Waals surface area (Å²) in [6.07, 6.45) is 5.51. The first-order valence-corrected chi connectivity index (χ1v) is 7.58. The van der Waals surface area contributed by atoms with E-state index in [1.54, 1.807) is 12.1 Å². The largest absolute Gasteiger partial charge is 0.314 e. The predicted octanol–water partition coefficient (Wildman–Crippen LogP) is 3.49. The Morgan fingerprint density at radius 1 is 1.35 bits per heavy atom. The van der Waals surface area contributed by atoms with Crippen LogP contribution in [0.2, 0.25) is 0 Å². The van der Waals surface area contributed by atoms with E-state index in [2.05, 4.69) is 18.5 Å². The summed E-state index contributed by atoms with van der Waals surface area (Å²) in [4.78, 5) is 0. The molecule has 0 aliphatic carbocycles. The number of rotatable bonds is 8. The van der Waals surface area contributed by atoms with Crippen LogP contribution in [0.4, 0.5) is 4.39 Å². The van der Waals surface area contributed by atoms with Crippen molar-refractivity contribution in [1.29, 1.82) is 0 Å². The zero-order valence-electron chi connectivity index (χ0n) is 10.7. The molecule has 96 valence electrons. The van der Waals surface area contributed by atoms with Crippen LogP contribution in [-0.2, 0) is 6.42 Å². The van der Waals surface area contributed by atoms with Crippen molar-refractivity contribution >= 4 is 11.8 Å². The highest BCUT2D eigenvalue weighted by Crippen LogP contribution is 2.06. The van der Waals surface area contributed by atoms with E-state index in [0.717, 1.165) is 18.5 Å². The Kier molecular flexibility index (Phi) is 7.29. The van der Waals surface area contributed by atoms with Gasteiger partial charge < -0.3 is 5.32 Å². The maximum Gasteiger partial charge on any atom is 0.123 e. The van der Waals surface area contributed by atoms with Gasteiger partial charge in [-0.1, -0.05) is 12.1 Å². The smallest absolute Gasteiger partial charge is 0.123 e. The second-order valence-electron chi connectivity index (χ2n) is 4.39. The van der Waals surface area contributed by atoms with Crippen molar-refractivity contribution in [3.05, 3.63) is 35.6 Å². The molecule has 0 saturated heterocycles. The fraction of sp³-hybridized carbons (Fsp3) is 0.571. The summed E-state index contributed by atoms with van der Waals surface area (Å²) in [6.45, 7) is 3.20. The summed E-state index contributed by atoms with van der Waals surface area (Å²) in [7, 11) is 0. The molecule has 1 atom stereocenters. The zero-order valence-corrected chi connectivity index (χ0v) is 11.5. The minimum absolute atomic E-state index is 0.144. The van der Waals surface area contributed by atoms with Crippen molar-refractivity contribution in [2.45, 2.75) is 32.2 Å². The van der Waals surface area contributed by atoms with E-state index in [9.17, 15) is 4.39 Å². The molecule has 17 heavy (non-hydrogen) atoms. The molecule has 1 unspecified atom stereocenters. The molecule has 0 bridgehead atoms. The minimum Gasteiger partial charge on any atom is -0.314 e. The molecule has 0 radical (unpaired) electrons. The standard InChI is InChI=1S/C14H22FNS/c1-12(16-8-3-4-9-17-2)10-13-6-5-7-14(15)11-13/h5-7,11-12,16H,3-4,8-10H2,1-2H3. The molecule has 0 spiro atoms. The molecule has 0 heterocycles. The van der Waals surface area contributed by atoms with Crippen LogP contribution in [0.3, 0.4) is 0 Å². The van der Waals surface area contributed by atoms with Gasteiger partial charge in [-0.15, -0.1) is 0 Å². The normalized spacial score (nSPS) is 12.6. The average molecular weight is 255 g/mol. The molecule has 0 saturated carbocycles. The SMILES string of the molecule is CSCCCCNC(C)Cc1cccc(F)c1. The quantitative estimate of drug-likeness (QED) is 0.714. The van der Waals surface area contributed by atoms with Crippen LogP contribution in [0.5, 0.6) is 0 Å². The number of halogens is 1.